The van der Waals surface area contributed by atoms with Crippen LogP contribution in [0.2, 0.25) is 0 Å². The molecule has 0 fully saturated rings. The molecule has 0 saturated carbocycles. The fourth-order valence-corrected chi connectivity index (χ4v) is 3.31. The third-order valence-corrected chi connectivity index (χ3v) is 4.29. The summed E-state index contributed by atoms with van der Waals surface area (Å²) in [6.45, 7) is 0. The van der Waals surface area contributed by atoms with E-state index in [1.54, 1.807) is 6.08 Å². The van der Waals surface area contributed by atoms with Crippen molar-refractivity contribution < 1.29 is 9.90 Å². The SMILES string of the molecule is O=C(O)C1(C/C=C/CCl)c2ccccc2-c2ccccc21. The Kier molecular flexibility index (Phi) is 3.56. The Balaban J connectivity index is 2.28. The third kappa shape index (κ3) is 1.98. The molecule has 0 bridgehead atoms. The number of rotatable bonds is 4. The number of hydrogen-bond donors (Lipinski definition) is 1. The lowest BCUT2D eigenvalue weighted by molar-refractivity contribution is -0.141. The molecule has 0 radical (unpaired) electrons. The zero-order valence-corrected chi connectivity index (χ0v) is 12.2. The second-order valence-corrected chi connectivity index (χ2v) is 5.44. The van der Waals surface area contributed by atoms with Gasteiger partial charge in [-0.25, -0.2) is 0 Å². The zero-order valence-electron chi connectivity index (χ0n) is 11.4. The number of hydrogen-bond acceptors (Lipinski definition) is 1. The van der Waals surface area contributed by atoms with E-state index in [9.17, 15) is 9.90 Å². The Bertz CT molecular complexity index is 673. The number of aliphatic carboxylic acids is 1. The fraction of sp³-hybridized carbons (Fsp3) is 0.167. The average molecular weight is 299 g/mol. The molecule has 0 aliphatic heterocycles. The molecule has 3 rings (SSSR count). The highest BCUT2D eigenvalue weighted by Gasteiger charge is 2.48. The lowest BCUT2D eigenvalue weighted by atomic mass is 9.75. The second-order valence-electron chi connectivity index (χ2n) is 5.13. The van der Waals surface area contributed by atoms with E-state index in [1.165, 1.54) is 0 Å². The molecule has 2 nitrogen and oxygen atoms in total. The van der Waals surface area contributed by atoms with Gasteiger partial charge in [-0.05, 0) is 28.7 Å². The molecule has 106 valence electrons. The number of allylic oxidation sites excluding steroid dienone is 2. The number of halogens is 1. The summed E-state index contributed by atoms with van der Waals surface area (Å²) in [6.07, 6.45) is 4.07. The van der Waals surface area contributed by atoms with Crippen molar-refractivity contribution in [1.82, 2.24) is 0 Å². The van der Waals surface area contributed by atoms with Gasteiger partial charge in [-0.2, -0.15) is 0 Å². The molecule has 0 unspecified atom stereocenters. The van der Waals surface area contributed by atoms with Crippen LogP contribution in [0.25, 0.3) is 11.1 Å². The van der Waals surface area contributed by atoms with E-state index in [0.717, 1.165) is 22.3 Å². The predicted octanol–water partition coefficient (Wildman–Crippen LogP) is 4.22. The van der Waals surface area contributed by atoms with E-state index in [2.05, 4.69) is 0 Å². The Morgan fingerprint density at radius 2 is 1.52 bits per heavy atom. The normalized spacial score (nSPS) is 14.9. The van der Waals surface area contributed by atoms with Gasteiger partial charge in [0.05, 0.1) is 0 Å². The van der Waals surface area contributed by atoms with Gasteiger partial charge in [0.25, 0.3) is 0 Å². The summed E-state index contributed by atoms with van der Waals surface area (Å²) in [5.41, 5.74) is 2.72. The molecule has 0 spiro atoms. The van der Waals surface area contributed by atoms with Gasteiger partial charge in [0.1, 0.15) is 5.41 Å². The molecule has 2 aromatic rings. The molecule has 0 saturated heterocycles. The van der Waals surface area contributed by atoms with Gasteiger partial charge in [-0.3, -0.25) is 4.79 Å². The van der Waals surface area contributed by atoms with Gasteiger partial charge in [0.15, 0.2) is 0 Å². The second kappa shape index (κ2) is 5.38. The molecule has 2 aromatic carbocycles. The average Bonchev–Trinajstić information content (AvgIpc) is 2.80. The lowest BCUT2D eigenvalue weighted by Gasteiger charge is -2.26. The van der Waals surface area contributed by atoms with Crippen molar-refractivity contribution in [2.24, 2.45) is 0 Å². The van der Waals surface area contributed by atoms with E-state index in [0.29, 0.717) is 12.3 Å². The summed E-state index contributed by atoms with van der Waals surface area (Å²) in [7, 11) is 0. The highest BCUT2D eigenvalue weighted by molar-refractivity contribution is 6.18. The third-order valence-electron chi connectivity index (χ3n) is 4.11. The number of fused-ring (bicyclic) bond motifs is 3. The monoisotopic (exact) mass is 298 g/mol. The van der Waals surface area contributed by atoms with Crippen LogP contribution < -0.4 is 0 Å². The van der Waals surface area contributed by atoms with Crippen molar-refractivity contribution in [2.45, 2.75) is 11.8 Å². The maximum Gasteiger partial charge on any atom is 0.319 e. The van der Waals surface area contributed by atoms with Gasteiger partial charge in [-0.15, -0.1) is 11.6 Å². The van der Waals surface area contributed by atoms with E-state index in [1.807, 2.05) is 54.6 Å². The van der Waals surface area contributed by atoms with Gasteiger partial charge in [0, 0.05) is 5.88 Å². The van der Waals surface area contributed by atoms with Crippen molar-refractivity contribution in [1.29, 1.82) is 0 Å². The maximum absolute atomic E-state index is 12.2. The Hall–Kier alpha value is -2.06. The molecule has 1 N–H and O–H groups in total. The summed E-state index contributed by atoms with van der Waals surface area (Å²) in [5.74, 6) is -0.432. The van der Waals surface area contributed by atoms with Crippen LogP contribution in [0.3, 0.4) is 0 Å². The minimum Gasteiger partial charge on any atom is -0.480 e. The van der Waals surface area contributed by atoms with Crippen LogP contribution in [0.1, 0.15) is 17.5 Å². The van der Waals surface area contributed by atoms with Gasteiger partial charge in [0.2, 0.25) is 0 Å². The molecule has 0 amide bonds. The number of carboxylic acids is 1. The van der Waals surface area contributed by atoms with Crippen molar-refractivity contribution in [3.8, 4) is 11.1 Å². The minimum atomic E-state index is -1.02. The van der Waals surface area contributed by atoms with Crippen molar-refractivity contribution in [3.05, 3.63) is 71.8 Å². The van der Waals surface area contributed by atoms with Crippen LogP contribution in [0.15, 0.2) is 60.7 Å². The van der Waals surface area contributed by atoms with Crippen molar-refractivity contribution in [3.63, 3.8) is 0 Å². The van der Waals surface area contributed by atoms with Crippen LogP contribution in [-0.4, -0.2) is 17.0 Å². The van der Waals surface area contributed by atoms with Crippen LogP contribution in [0, 0.1) is 0 Å². The topological polar surface area (TPSA) is 37.3 Å². The molecule has 1 aliphatic carbocycles. The molecule has 0 atom stereocenters. The Morgan fingerprint density at radius 3 is 2.00 bits per heavy atom. The van der Waals surface area contributed by atoms with Crippen LogP contribution >= 0.6 is 11.6 Å². The molecular formula is C18H15ClO2. The summed E-state index contributed by atoms with van der Waals surface area (Å²) >= 11 is 5.68. The quantitative estimate of drug-likeness (QED) is 0.678. The van der Waals surface area contributed by atoms with Crippen LogP contribution in [0.5, 0.6) is 0 Å². The molecule has 0 heterocycles. The number of alkyl halides is 1. The summed E-state index contributed by atoms with van der Waals surface area (Å²) in [4.78, 5) is 12.2. The van der Waals surface area contributed by atoms with E-state index >= 15 is 0 Å². The Morgan fingerprint density at radius 1 is 1.00 bits per heavy atom. The smallest absolute Gasteiger partial charge is 0.319 e. The minimum absolute atomic E-state index is 0.388. The first-order chi connectivity index (χ1) is 10.2. The van der Waals surface area contributed by atoms with Gasteiger partial charge < -0.3 is 5.11 Å². The molecule has 21 heavy (non-hydrogen) atoms. The Labute approximate surface area is 128 Å². The maximum atomic E-state index is 12.2. The van der Waals surface area contributed by atoms with Crippen molar-refractivity contribution >= 4 is 17.6 Å². The predicted molar refractivity (Wildman–Crippen MR) is 84.8 cm³/mol. The first-order valence-electron chi connectivity index (χ1n) is 6.85. The van der Waals surface area contributed by atoms with Gasteiger partial charge >= 0.3 is 5.97 Å². The molecular weight excluding hydrogens is 284 g/mol. The zero-order chi connectivity index (χ0) is 14.9. The van der Waals surface area contributed by atoms with Crippen molar-refractivity contribution in [2.75, 3.05) is 5.88 Å². The first kappa shape index (κ1) is 13.9. The highest BCUT2D eigenvalue weighted by Crippen LogP contribution is 2.51. The van der Waals surface area contributed by atoms with E-state index < -0.39 is 11.4 Å². The first-order valence-corrected chi connectivity index (χ1v) is 7.39. The molecule has 1 aliphatic rings. The summed E-state index contributed by atoms with van der Waals surface area (Å²) < 4.78 is 0. The van der Waals surface area contributed by atoms with E-state index in [-0.39, 0.29) is 0 Å². The standard InChI is InChI=1S/C18H15ClO2/c19-12-6-5-11-18(17(20)21)15-9-3-1-7-13(15)14-8-2-4-10-16(14)18/h1-10H,11-12H2,(H,20,21)/b6-5+. The largest absolute Gasteiger partial charge is 0.480 e. The number of carboxylic acid groups (broad SMARTS) is 1. The van der Waals surface area contributed by atoms with Crippen LogP contribution in [0.4, 0.5) is 0 Å². The summed E-state index contributed by atoms with van der Waals surface area (Å²) in [5, 5.41) is 9.99. The number of carbonyl (C=O) groups is 1. The fourth-order valence-electron chi connectivity index (χ4n) is 3.19. The highest BCUT2D eigenvalue weighted by atomic mass is 35.5. The lowest BCUT2D eigenvalue weighted by Crippen LogP contribution is -2.34. The van der Waals surface area contributed by atoms with Crippen LogP contribution in [-0.2, 0) is 10.2 Å². The molecule has 3 heteroatoms. The molecule has 0 aromatic heterocycles. The van der Waals surface area contributed by atoms with Gasteiger partial charge in [-0.1, -0.05) is 60.7 Å². The van der Waals surface area contributed by atoms with E-state index in [4.69, 9.17) is 11.6 Å². The number of benzene rings is 2. The summed E-state index contributed by atoms with van der Waals surface area (Å²) in [6, 6.07) is 15.5.